The average molecular weight is 244 g/mol. The molecule has 1 unspecified atom stereocenters. The van der Waals surface area contributed by atoms with Gasteiger partial charge in [0, 0.05) is 6.54 Å². The molecule has 1 rings (SSSR count). The molecule has 0 aliphatic carbocycles. The minimum atomic E-state index is -0.0531. The molecule has 18 heavy (non-hydrogen) atoms. The van der Waals surface area contributed by atoms with Crippen LogP contribution < -0.4 is 0 Å². The number of hydrogen-bond acceptors (Lipinski definition) is 2. The minimum absolute atomic E-state index is 0.0531. The first-order valence-electron chi connectivity index (χ1n) is 6.45. The number of rotatable bonds is 3. The van der Waals surface area contributed by atoms with Gasteiger partial charge < -0.3 is 0 Å². The summed E-state index contributed by atoms with van der Waals surface area (Å²) < 4.78 is 0. The summed E-state index contributed by atoms with van der Waals surface area (Å²) in [6.45, 7) is 11.6. The normalized spacial score (nSPS) is 13.4. The minimum Gasteiger partial charge on any atom is -0.287 e. The van der Waals surface area contributed by atoms with E-state index in [-0.39, 0.29) is 11.5 Å². The maximum Gasteiger partial charge on any atom is 0.0949 e. The summed E-state index contributed by atoms with van der Waals surface area (Å²) in [6, 6.07) is 8.88. The van der Waals surface area contributed by atoms with Gasteiger partial charge in [-0.3, -0.25) is 4.90 Å². The zero-order chi connectivity index (χ0) is 13.9. The molecule has 0 saturated heterocycles. The third-order valence-electron chi connectivity index (χ3n) is 3.48. The molecule has 0 amide bonds. The van der Waals surface area contributed by atoms with E-state index in [1.165, 1.54) is 16.7 Å². The second-order valence-electron chi connectivity index (χ2n) is 6.11. The quantitative estimate of drug-likeness (QED) is 0.811. The maximum absolute atomic E-state index is 8.94. The fourth-order valence-electron chi connectivity index (χ4n) is 1.81. The molecule has 0 aliphatic rings. The predicted octanol–water partition coefficient (Wildman–Crippen LogP) is 3.64. The van der Waals surface area contributed by atoms with Crippen LogP contribution in [0.2, 0.25) is 0 Å². The third kappa shape index (κ3) is 3.58. The number of nitrogens with zero attached hydrogens (tertiary/aromatic N) is 2. The second-order valence-corrected chi connectivity index (χ2v) is 6.11. The summed E-state index contributed by atoms with van der Waals surface area (Å²) in [5.74, 6) is 0. The van der Waals surface area contributed by atoms with Crippen molar-refractivity contribution in [3.8, 4) is 6.07 Å². The molecule has 0 fully saturated rings. The third-order valence-corrected chi connectivity index (χ3v) is 3.48. The highest BCUT2D eigenvalue weighted by molar-refractivity contribution is 5.34. The Labute approximate surface area is 111 Å². The van der Waals surface area contributed by atoms with Gasteiger partial charge in [0.15, 0.2) is 0 Å². The molecule has 0 bridgehead atoms. The van der Waals surface area contributed by atoms with Crippen LogP contribution in [-0.2, 0) is 12.0 Å². The Kier molecular flexibility index (Phi) is 4.53. The van der Waals surface area contributed by atoms with Crippen molar-refractivity contribution in [3.63, 3.8) is 0 Å². The zero-order valence-electron chi connectivity index (χ0n) is 12.4. The van der Waals surface area contributed by atoms with Crippen LogP contribution in [-0.4, -0.2) is 18.0 Å². The monoisotopic (exact) mass is 244 g/mol. The lowest BCUT2D eigenvalue weighted by molar-refractivity contribution is 0.294. The van der Waals surface area contributed by atoms with E-state index in [0.29, 0.717) is 0 Å². The first-order valence-corrected chi connectivity index (χ1v) is 6.45. The van der Waals surface area contributed by atoms with E-state index >= 15 is 0 Å². The van der Waals surface area contributed by atoms with Gasteiger partial charge in [0.1, 0.15) is 0 Å². The summed E-state index contributed by atoms with van der Waals surface area (Å²) in [6.07, 6.45) is 0. The summed E-state index contributed by atoms with van der Waals surface area (Å²) in [5.41, 5.74) is 4.12. The van der Waals surface area contributed by atoms with Crippen LogP contribution in [0.1, 0.15) is 44.4 Å². The SMILES string of the molecule is Cc1ccc(C(C)(C)C)cc1CN(C)C(C)C#N. The standard InChI is InChI=1S/C16H24N2/c1-12-7-8-15(16(3,4)5)9-14(12)11-18(6)13(2)10-17/h7-9,13H,11H2,1-6H3. The second kappa shape index (κ2) is 5.54. The van der Waals surface area contributed by atoms with E-state index in [1.807, 2.05) is 14.0 Å². The van der Waals surface area contributed by atoms with Crippen molar-refractivity contribution in [2.24, 2.45) is 0 Å². The molecule has 0 spiro atoms. The van der Waals surface area contributed by atoms with Crippen LogP contribution in [0, 0.1) is 18.3 Å². The van der Waals surface area contributed by atoms with Gasteiger partial charge in [-0.15, -0.1) is 0 Å². The van der Waals surface area contributed by atoms with E-state index in [1.54, 1.807) is 0 Å². The molecule has 0 N–H and O–H groups in total. The van der Waals surface area contributed by atoms with Crippen LogP contribution in [0.15, 0.2) is 18.2 Å². The molecule has 0 saturated carbocycles. The molecular weight excluding hydrogens is 220 g/mol. The number of hydrogen-bond donors (Lipinski definition) is 0. The Morgan fingerprint density at radius 1 is 1.33 bits per heavy atom. The van der Waals surface area contributed by atoms with Crippen molar-refractivity contribution >= 4 is 0 Å². The van der Waals surface area contributed by atoms with E-state index in [9.17, 15) is 0 Å². The number of benzene rings is 1. The molecule has 0 aliphatic heterocycles. The zero-order valence-corrected chi connectivity index (χ0v) is 12.4. The van der Waals surface area contributed by atoms with Crippen LogP contribution in [0.25, 0.3) is 0 Å². The van der Waals surface area contributed by atoms with Gasteiger partial charge in [-0.25, -0.2) is 0 Å². The first-order chi connectivity index (χ1) is 8.25. The fourth-order valence-corrected chi connectivity index (χ4v) is 1.81. The Morgan fingerprint density at radius 3 is 2.44 bits per heavy atom. The molecule has 2 heteroatoms. The lowest BCUT2D eigenvalue weighted by Crippen LogP contribution is -2.27. The number of nitriles is 1. The Hall–Kier alpha value is -1.33. The highest BCUT2D eigenvalue weighted by atomic mass is 15.1. The summed E-state index contributed by atoms with van der Waals surface area (Å²) in [7, 11) is 2.00. The van der Waals surface area contributed by atoms with E-state index in [0.717, 1.165) is 6.54 Å². The fraction of sp³-hybridized carbons (Fsp3) is 0.562. The van der Waals surface area contributed by atoms with Crippen molar-refractivity contribution in [2.45, 2.75) is 52.6 Å². The predicted molar refractivity (Wildman–Crippen MR) is 76.4 cm³/mol. The van der Waals surface area contributed by atoms with Crippen molar-refractivity contribution in [1.82, 2.24) is 4.90 Å². The molecule has 1 atom stereocenters. The highest BCUT2D eigenvalue weighted by Crippen LogP contribution is 2.25. The largest absolute Gasteiger partial charge is 0.287 e. The van der Waals surface area contributed by atoms with Gasteiger partial charge >= 0.3 is 0 Å². The Bertz CT molecular complexity index is 449. The summed E-state index contributed by atoms with van der Waals surface area (Å²) in [4.78, 5) is 2.08. The van der Waals surface area contributed by atoms with Gasteiger partial charge in [0.2, 0.25) is 0 Å². The number of aryl methyl sites for hydroxylation is 1. The molecule has 0 radical (unpaired) electrons. The van der Waals surface area contributed by atoms with Gasteiger partial charge in [0.05, 0.1) is 12.1 Å². The highest BCUT2D eigenvalue weighted by Gasteiger charge is 2.16. The van der Waals surface area contributed by atoms with Crippen molar-refractivity contribution < 1.29 is 0 Å². The van der Waals surface area contributed by atoms with Gasteiger partial charge in [0.25, 0.3) is 0 Å². The van der Waals surface area contributed by atoms with Crippen LogP contribution >= 0.6 is 0 Å². The van der Waals surface area contributed by atoms with E-state index in [4.69, 9.17) is 5.26 Å². The van der Waals surface area contributed by atoms with Crippen molar-refractivity contribution in [1.29, 1.82) is 5.26 Å². The summed E-state index contributed by atoms with van der Waals surface area (Å²) in [5, 5.41) is 8.94. The van der Waals surface area contributed by atoms with Crippen molar-refractivity contribution in [3.05, 3.63) is 34.9 Å². The van der Waals surface area contributed by atoms with E-state index in [2.05, 4.69) is 56.9 Å². The van der Waals surface area contributed by atoms with Crippen LogP contribution in [0.5, 0.6) is 0 Å². The smallest absolute Gasteiger partial charge is 0.0949 e. The molecule has 98 valence electrons. The molecule has 1 aromatic rings. The Morgan fingerprint density at radius 2 is 1.94 bits per heavy atom. The van der Waals surface area contributed by atoms with Gasteiger partial charge in [-0.05, 0) is 43.0 Å². The Balaban J connectivity index is 2.99. The topological polar surface area (TPSA) is 27.0 Å². The molecule has 0 aromatic heterocycles. The average Bonchev–Trinajstić information content (AvgIpc) is 2.29. The lowest BCUT2D eigenvalue weighted by atomic mass is 9.85. The molecule has 1 aromatic carbocycles. The van der Waals surface area contributed by atoms with Crippen LogP contribution in [0.4, 0.5) is 0 Å². The van der Waals surface area contributed by atoms with Gasteiger partial charge in [-0.2, -0.15) is 5.26 Å². The van der Waals surface area contributed by atoms with Crippen LogP contribution in [0.3, 0.4) is 0 Å². The molecule has 2 nitrogen and oxygen atoms in total. The van der Waals surface area contributed by atoms with Gasteiger partial charge in [-0.1, -0.05) is 39.0 Å². The lowest BCUT2D eigenvalue weighted by Gasteiger charge is -2.24. The maximum atomic E-state index is 8.94. The van der Waals surface area contributed by atoms with Crippen molar-refractivity contribution in [2.75, 3.05) is 7.05 Å². The van der Waals surface area contributed by atoms with E-state index < -0.39 is 0 Å². The first kappa shape index (κ1) is 14.7. The molecular formula is C16H24N2. The molecule has 0 heterocycles. The summed E-state index contributed by atoms with van der Waals surface area (Å²) >= 11 is 0.